The Bertz CT molecular complexity index is 1160. The van der Waals surface area contributed by atoms with Crippen LogP contribution in [-0.4, -0.2) is 15.0 Å². The number of nitrogens with one attached hydrogen (secondary N) is 1. The summed E-state index contributed by atoms with van der Waals surface area (Å²) in [6.07, 6.45) is 0. The normalized spacial score (nSPS) is 12.5. The van der Waals surface area contributed by atoms with Gasteiger partial charge in [-0.25, -0.2) is 13.1 Å². The summed E-state index contributed by atoms with van der Waals surface area (Å²) in [6, 6.07) is 39.1. The minimum absolute atomic E-state index is 0.0313. The molecule has 0 aliphatic heterocycles. The number of hydrogen-bond donors (Lipinski definition) is 2. The van der Waals surface area contributed by atoms with Crippen molar-refractivity contribution in [2.24, 2.45) is 0 Å². The molecule has 3 N–H and O–H groups in total. The second kappa shape index (κ2) is 10.4. The van der Waals surface area contributed by atoms with Crippen LogP contribution in [0.1, 0.15) is 28.8 Å². The van der Waals surface area contributed by atoms with Gasteiger partial charge < -0.3 is 5.32 Å². The van der Waals surface area contributed by atoms with E-state index in [0.717, 1.165) is 5.56 Å². The van der Waals surface area contributed by atoms with Crippen molar-refractivity contribution in [3.05, 3.63) is 138 Å². The fraction of sp³-hybridized carbons (Fsp3) is 0.111. The lowest BCUT2D eigenvalue weighted by Crippen LogP contribution is -2.87. The quantitative estimate of drug-likeness (QED) is 0.410. The van der Waals surface area contributed by atoms with E-state index >= 15 is 0 Å². The average molecular weight is 444 g/mol. The van der Waals surface area contributed by atoms with E-state index in [-0.39, 0.29) is 23.5 Å². The van der Waals surface area contributed by atoms with Crippen molar-refractivity contribution in [2.75, 3.05) is 6.54 Å². The van der Waals surface area contributed by atoms with Crippen molar-refractivity contribution >= 4 is 10.0 Å². The van der Waals surface area contributed by atoms with Crippen LogP contribution in [0.15, 0.2) is 126 Å². The molecule has 162 valence electrons. The highest BCUT2D eigenvalue weighted by atomic mass is 32.2. The highest BCUT2D eigenvalue weighted by molar-refractivity contribution is 7.89. The first kappa shape index (κ1) is 22.0. The predicted octanol–water partition coefficient (Wildman–Crippen LogP) is 4.06. The van der Waals surface area contributed by atoms with E-state index in [1.54, 1.807) is 24.3 Å². The highest BCUT2D eigenvalue weighted by Gasteiger charge is 2.26. The van der Waals surface area contributed by atoms with Gasteiger partial charge in [-0.3, -0.25) is 0 Å². The van der Waals surface area contributed by atoms with Crippen molar-refractivity contribution in [1.82, 2.24) is 4.72 Å². The monoisotopic (exact) mass is 443 g/mol. The van der Waals surface area contributed by atoms with Crippen LogP contribution in [0.5, 0.6) is 0 Å². The van der Waals surface area contributed by atoms with E-state index < -0.39 is 10.0 Å². The number of benzene rings is 4. The Morgan fingerprint density at radius 3 is 1.47 bits per heavy atom. The fourth-order valence-corrected chi connectivity index (χ4v) is 4.93. The first-order valence-electron chi connectivity index (χ1n) is 10.7. The average Bonchev–Trinajstić information content (AvgIpc) is 2.86. The lowest BCUT2D eigenvalue weighted by Gasteiger charge is -2.24. The lowest BCUT2D eigenvalue weighted by molar-refractivity contribution is -0.724. The second-order valence-corrected chi connectivity index (χ2v) is 9.44. The molecule has 4 aromatic rings. The van der Waals surface area contributed by atoms with E-state index in [9.17, 15) is 8.42 Å². The molecule has 0 saturated carbocycles. The largest absolute Gasteiger partial charge is 0.329 e. The van der Waals surface area contributed by atoms with Crippen LogP contribution in [0, 0.1) is 0 Å². The molecular formula is C27H27N2O2S+. The molecule has 0 unspecified atom stereocenters. The van der Waals surface area contributed by atoms with Crippen molar-refractivity contribution in [1.29, 1.82) is 0 Å². The van der Waals surface area contributed by atoms with Crippen LogP contribution in [-0.2, 0) is 10.0 Å². The molecule has 1 atom stereocenters. The van der Waals surface area contributed by atoms with E-state index in [4.69, 9.17) is 0 Å². The molecule has 0 aromatic heterocycles. The van der Waals surface area contributed by atoms with E-state index in [0.29, 0.717) is 0 Å². The van der Waals surface area contributed by atoms with Crippen LogP contribution in [0.2, 0.25) is 0 Å². The first-order valence-corrected chi connectivity index (χ1v) is 12.2. The van der Waals surface area contributed by atoms with Crippen LogP contribution >= 0.6 is 0 Å². The summed E-state index contributed by atoms with van der Waals surface area (Å²) >= 11 is 0. The van der Waals surface area contributed by atoms with Gasteiger partial charge in [0.1, 0.15) is 12.1 Å². The molecule has 0 spiro atoms. The minimum atomic E-state index is -3.60. The van der Waals surface area contributed by atoms with Crippen LogP contribution in [0.4, 0.5) is 0 Å². The van der Waals surface area contributed by atoms with Gasteiger partial charge in [0.15, 0.2) is 0 Å². The van der Waals surface area contributed by atoms with E-state index in [1.165, 1.54) is 11.1 Å². The summed E-state index contributed by atoms with van der Waals surface area (Å²) in [5.41, 5.74) is 3.41. The summed E-state index contributed by atoms with van der Waals surface area (Å²) in [5, 5.41) is 2.24. The Morgan fingerprint density at radius 2 is 1.00 bits per heavy atom. The Balaban J connectivity index is 1.64. The Morgan fingerprint density at radius 1 is 0.594 bits per heavy atom. The number of hydrogen-bond acceptors (Lipinski definition) is 2. The van der Waals surface area contributed by atoms with Crippen LogP contribution in [0.25, 0.3) is 0 Å². The smallest absolute Gasteiger partial charge is 0.240 e. The first-order chi connectivity index (χ1) is 15.6. The van der Waals surface area contributed by atoms with Crippen molar-refractivity contribution in [2.45, 2.75) is 17.0 Å². The van der Waals surface area contributed by atoms with Crippen molar-refractivity contribution in [3.8, 4) is 0 Å². The Kier molecular flexibility index (Phi) is 7.12. The molecule has 5 heteroatoms. The molecule has 0 heterocycles. The third kappa shape index (κ3) is 5.51. The predicted molar refractivity (Wildman–Crippen MR) is 127 cm³/mol. The molecular weight excluding hydrogens is 416 g/mol. The maximum atomic E-state index is 12.9. The molecule has 0 fully saturated rings. The van der Waals surface area contributed by atoms with E-state index in [2.05, 4.69) is 34.3 Å². The summed E-state index contributed by atoms with van der Waals surface area (Å²) in [7, 11) is -3.60. The molecule has 0 aliphatic carbocycles. The number of rotatable bonds is 9. The van der Waals surface area contributed by atoms with Gasteiger partial charge >= 0.3 is 0 Å². The molecule has 0 amide bonds. The maximum Gasteiger partial charge on any atom is 0.240 e. The molecule has 0 radical (unpaired) electrons. The third-order valence-electron chi connectivity index (χ3n) is 5.52. The van der Waals surface area contributed by atoms with Gasteiger partial charge in [0, 0.05) is 16.7 Å². The van der Waals surface area contributed by atoms with Crippen LogP contribution < -0.4 is 10.0 Å². The standard InChI is InChI=1S/C27H26N2O2S/c30-32(31,25-19-11-4-12-20-25)28-21-26(22-13-5-1-6-14-22)29-27(23-15-7-2-8-16-23)24-17-9-3-10-18-24/h1-20,26-29H,21H2/p+1/t26-/m0/s1. The molecule has 0 aliphatic rings. The van der Waals surface area contributed by atoms with Crippen LogP contribution in [0.3, 0.4) is 0 Å². The summed E-state index contributed by atoms with van der Waals surface area (Å²) in [6.45, 7) is 0.275. The molecule has 4 nitrogen and oxygen atoms in total. The van der Waals surface area contributed by atoms with E-state index in [1.807, 2.05) is 72.8 Å². The van der Waals surface area contributed by atoms with Gasteiger partial charge in [-0.05, 0) is 12.1 Å². The zero-order valence-corrected chi connectivity index (χ0v) is 18.5. The second-order valence-electron chi connectivity index (χ2n) is 7.67. The zero-order chi connectivity index (χ0) is 22.2. The van der Waals surface area contributed by atoms with Gasteiger partial charge in [0.2, 0.25) is 10.0 Å². The number of sulfonamides is 1. The molecule has 4 rings (SSSR count). The number of quaternary nitrogens is 1. The van der Waals surface area contributed by atoms with Gasteiger partial charge in [-0.15, -0.1) is 0 Å². The van der Waals surface area contributed by atoms with Gasteiger partial charge in [-0.2, -0.15) is 0 Å². The molecule has 0 bridgehead atoms. The van der Waals surface area contributed by atoms with Gasteiger partial charge in [0.05, 0.1) is 11.4 Å². The summed E-state index contributed by atoms with van der Waals surface area (Å²) < 4.78 is 28.6. The molecule has 32 heavy (non-hydrogen) atoms. The topological polar surface area (TPSA) is 62.8 Å². The molecule has 4 aromatic carbocycles. The SMILES string of the molecule is O=S(=O)(NC[C@H]([NH2+]C(c1ccccc1)c1ccccc1)c1ccccc1)c1ccccc1. The van der Waals surface area contributed by atoms with Gasteiger partial charge in [0.25, 0.3) is 0 Å². The Hall–Kier alpha value is -3.25. The fourth-order valence-electron chi connectivity index (χ4n) is 3.85. The third-order valence-corrected chi connectivity index (χ3v) is 6.96. The minimum Gasteiger partial charge on any atom is -0.329 e. The summed E-state index contributed by atoms with van der Waals surface area (Å²) in [4.78, 5) is 0.273. The lowest BCUT2D eigenvalue weighted by atomic mass is 9.96. The molecule has 0 saturated heterocycles. The highest BCUT2D eigenvalue weighted by Crippen LogP contribution is 2.20. The maximum absolute atomic E-state index is 12.9. The Labute approximate surface area is 190 Å². The summed E-state index contributed by atoms with van der Waals surface area (Å²) in [5.74, 6) is 0. The van der Waals surface area contributed by atoms with Crippen molar-refractivity contribution < 1.29 is 13.7 Å². The number of nitrogens with two attached hydrogens (primary N) is 1. The van der Waals surface area contributed by atoms with Crippen molar-refractivity contribution in [3.63, 3.8) is 0 Å². The zero-order valence-electron chi connectivity index (χ0n) is 17.7. The van der Waals surface area contributed by atoms with Gasteiger partial charge in [-0.1, -0.05) is 109 Å².